The van der Waals surface area contributed by atoms with Gasteiger partial charge in [-0.3, -0.25) is 4.79 Å². The SMILES string of the molecule is COC(=O)[C@@H](O)[C@@H](O)[C@H](O)[C@@H](O)C(=O)CCCNCCCCCN. The number of carbonyl (C=O) groups is 2. The minimum Gasteiger partial charge on any atom is -0.467 e. The van der Waals surface area contributed by atoms with E-state index in [1.165, 1.54) is 0 Å². The first-order chi connectivity index (χ1) is 11.4. The highest BCUT2D eigenvalue weighted by Gasteiger charge is 2.37. The smallest absolute Gasteiger partial charge is 0.337 e. The minimum atomic E-state index is -2.04. The van der Waals surface area contributed by atoms with Crippen LogP contribution in [0.25, 0.3) is 0 Å². The van der Waals surface area contributed by atoms with Crippen molar-refractivity contribution in [1.82, 2.24) is 5.32 Å². The lowest BCUT2D eigenvalue weighted by molar-refractivity contribution is -0.168. The molecule has 0 saturated heterocycles. The molecule has 24 heavy (non-hydrogen) atoms. The molecule has 0 aliphatic rings. The summed E-state index contributed by atoms with van der Waals surface area (Å²) in [5.74, 6) is -1.84. The standard InChI is InChI=1S/C15H30N2O7/c1-24-15(23)14(22)13(21)12(20)11(19)10(18)6-5-9-17-8-4-2-3-7-16/h11-14,17,19-22H,2-9,16H2,1H3/t11-,12+,13-,14-/m0/s1. The summed E-state index contributed by atoms with van der Waals surface area (Å²) in [5, 5.41) is 41.5. The number of unbranched alkanes of at least 4 members (excludes halogenated alkanes) is 2. The molecule has 0 rings (SSSR count). The molecule has 0 aromatic heterocycles. The number of methoxy groups -OCH3 is 1. The predicted molar refractivity (Wildman–Crippen MR) is 86.1 cm³/mol. The molecular weight excluding hydrogens is 320 g/mol. The van der Waals surface area contributed by atoms with E-state index in [2.05, 4.69) is 10.1 Å². The highest BCUT2D eigenvalue weighted by atomic mass is 16.5. The van der Waals surface area contributed by atoms with Crippen molar-refractivity contribution in [3.8, 4) is 0 Å². The van der Waals surface area contributed by atoms with Crippen LogP contribution < -0.4 is 11.1 Å². The van der Waals surface area contributed by atoms with Gasteiger partial charge in [-0.15, -0.1) is 0 Å². The molecule has 142 valence electrons. The summed E-state index contributed by atoms with van der Waals surface area (Å²) in [7, 11) is 0.995. The fraction of sp³-hybridized carbons (Fsp3) is 0.867. The number of nitrogens with one attached hydrogen (secondary N) is 1. The van der Waals surface area contributed by atoms with Gasteiger partial charge in [-0.25, -0.2) is 4.79 Å². The molecule has 0 radical (unpaired) electrons. The predicted octanol–water partition coefficient (Wildman–Crippen LogP) is -2.33. The van der Waals surface area contributed by atoms with Crippen LogP contribution in [0.15, 0.2) is 0 Å². The molecule has 0 bridgehead atoms. The van der Waals surface area contributed by atoms with Crippen LogP contribution in [0.4, 0.5) is 0 Å². The van der Waals surface area contributed by atoms with Crippen LogP contribution in [0, 0.1) is 0 Å². The summed E-state index contributed by atoms with van der Waals surface area (Å²) in [5.41, 5.74) is 5.38. The average molecular weight is 350 g/mol. The molecule has 4 atom stereocenters. The van der Waals surface area contributed by atoms with E-state index in [9.17, 15) is 30.0 Å². The van der Waals surface area contributed by atoms with E-state index < -0.39 is 36.2 Å². The monoisotopic (exact) mass is 350 g/mol. The molecule has 0 aliphatic heterocycles. The zero-order chi connectivity index (χ0) is 18.5. The minimum absolute atomic E-state index is 0.00489. The van der Waals surface area contributed by atoms with Crippen LogP contribution >= 0.6 is 0 Å². The maximum absolute atomic E-state index is 11.8. The third-order valence-corrected chi connectivity index (χ3v) is 3.60. The summed E-state index contributed by atoms with van der Waals surface area (Å²) in [6, 6.07) is 0. The molecule has 0 aromatic rings. The van der Waals surface area contributed by atoms with Gasteiger partial charge < -0.3 is 36.2 Å². The lowest BCUT2D eigenvalue weighted by Crippen LogP contribution is -2.50. The maximum Gasteiger partial charge on any atom is 0.337 e. The van der Waals surface area contributed by atoms with E-state index in [-0.39, 0.29) is 6.42 Å². The molecule has 0 aliphatic carbocycles. The highest BCUT2D eigenvalue weighted by Crippen LogP contribution is 2.09. The van der Waals surface area contributed by atoms with Crippen molar-refractivity contribution < 1.29 is 34.8 Å². The van der Waals surface area contributed by atoms with Gasteiger partial charge in [-0.05, 0) is 38.9 Å². The fourth-order valence-corrected chi connectivity index (χ4v) is 2.06. The van der Waals surface area contributed by atoms with Crippen LogP contribution in [0.5, 0.6) is 0 Å². The van der Waals surface area contributed by atoms with Crippen LogP contribution in [-0.4, -0.2) is 83.3 Å². The number of Topliss-reactive ketones (excluding diaryl/α,β-unsaturated/α-hetero) is 1. The zero-order valence-electron chi connectivity index (χ0n) is 14.1. The Hall–Kier alpha value is -1.10. The van der Waals surface area contributed by atoms with Gasteiger partial charge in [0.25, 0.3) is 0 Å². The second-order valence-corrected chi connectivity index (χ2v) is 5.56. The third kappa shape index (κ3) is 8.67. The molecule has 0 unspecified atom stereocenters. The van der Waals surface area contributed by atoms with Crippen LogP contribution in [-0.2, 0) is 14.3 Å². The lowest BCUT2D eigenvalue weighted by atomic mass is 9.98. The van der Waals surface area contributed by atoms with Crippen molar-refractivity contribution in [1.29, 1.82) is 0 Å². The summed E-state index contributed by atoms with van der Waals surface area (Å²) >= 11 is 0. The summed E-state index contributed by atoms with van der Waals surface area (Å²) < 4.78 is 4.21. The summed E-state index contributed by atoms with van der Waals surface area (Å²) in [6.07, 6.45) is -4.47. The zero-order valence-corrected chi connectivity index (χ0v) is 14.1. The van der Waals surface area contributed by atoms with Crippen molar-refractivity contribution >= 4 is 11.8 Å². The maximum atomic E-state index is 11.8. The first kappa shape index (κ1) is 22.9. The Balaban J connectivity index is 4.02. The number of aliphatic hydroxyl groups excluding tert-OH is 4. The van der Waals surface area contributed by atoms with Crippen molar-refractivity contribution in [2.45, 2.75) is 56.5 Å². The molecule has 0 spiro atoms. The highest BCUT2D eigenvalue weighted by molar-refractivity contribution is 5.83. The molecule has 0 saturated carbocycles. The molecule has 0 heterocycles. The Morgan fingerprint density at radius 3 is 2.12 bits per heavy atom. The Morgan fingerprint density at radius 2 is 1.54 bits per heavy atom. The molecular formula is C15H30N2O7. The first-order valence-corrected chi connectivity index (χ1v) is 8.10. The van der Waals surface area contributed by atoms with Crippen molar-refractivity contribution in [2.24, 2.45) is 5.73 Å². The first-order valence-electron chi connectivity index (χ1n) is 8.10. The number of hydrogen-bond donors (Lipinski definition) is 6. The normalized spacial score (nSPS) is 16.2. The quantitative estimate of drug-likeness (QED) is 0.149. The van der Waals surface area contributed by atoms with E-state index >= 15 is 0 Å². The Kier molecular flexibility index (Phi) is 12.6. The van der Waals surface area contributed by atoms with E-state index in [0.29, 0.717) is 19.5 Å². The second-order valence-electron chi connectivity index (χ2n) is 5.56. The number of rotatable bonds is 14. The van der Waals surface area contributed by atoms with Crippen LogP contribution in [0.1, 0.15) is 32.1 Å². The van der Waals surface area contributed by atoms with Gasteiger partial charge in [0.15, 0.2) is 11.9 Å². The number of carbonyl (C=O) groups excluding carboxylic acids is 2. The number of nitrogens with two attached hydrogens (primary N) is 1. The van der Waals surface area contributed by atoms with Crippen molar-refractivity contribution in [3.63, 3.8) is 0 Å². The summed E-state index contributed by atoms with van der Waals surface area (Å²) in [4.78, 5) is 22.8. The van der Waals surface area contributed by atoms with Gasteiger partial charge in [0, 0.05) is 6.42 Å². The Morgan fingerprint density at radius 1 is 0.958 bits per heavy atom. The third-order valence-electron chi connectivity index (χ3n) is 3.60. The Labute approximate surface area is 141 Å². The molecule has 7 N–H and O–H groups in total. The van der Waals surface area contributed by atoms with E-state index in [1.807, 2.05) is 0 Å². The Bertz CT molecular complexity index is 368. The lowest BCUT2D eigenvalue weighted by Gasteiger charge is -2.24. The molecule has 9 nitrogen and oxygen atoms in total. The van der Waals surface area contributed by atoms with E-state index in [4.69, 9.17) is 5.73 Å². The average Bonchev–Trinajstić information content (AvgIpc) is 2.60. The van der Waals surface area contributed by atoms with Crippen LogP contribution in [0.2, 0.25) is 0 Å². The van der Waals surface area contributed by atoms with Gasteiger partial charge >= 0.3 is 5.97 Å². The topological polar surface area (TPSA) is 162 Å². The van der Waals surface area contributed by atoms with Gasteiger partial charge in [0.1, 0.15) is 18.3 Å². The van der Waals surface area contributed by atoms with Gasteiger partial charge in [-0.2, -0.15) is 0 Å². The van der Waals surface area contributed by atoms with Gasteiger partial charge in [-0.1, -0.05) is 6.42 Å². The number of hydrogen-bond acceptors (Lipinski definition) is 9. The van der Waals surface area contributed by atoms with Crippen molar-refractivity contribution in [2.75, 3.05) is 26.7 Å². The van der Waals surface area contributed by atoms with Gasteiger partial charge in [0.05, 0.1) is 7.11 Å². The van der Waals surface area contributed by atoms with E-state index in [1.54, 1.807) is 0 Å². The summed E-state index contributed by atoms with van der Waals surface area (Å²) in [6.45, 7) is 2.05. The molecule has 0 aromatic carbocycles. The van der Waals surface area contributed by atoms with Gasteiger partial charge in [0.2, 0.25) is 0 Å². The molecule has 9 heteroatoms. The second kappa shape index (κ2) is 13.2. The number of esters is 1. The number of ketones is 1. The fourth-order valence-electron chi connectivity index (χ4n) is 2.06. The number of aliphatic hydroxyl groups is 4. The molecule has 0 amide bonds. The van der Waals surface area contributed by atoms with E-state index in [0.717, 1.165) is 32.9 Å². The largest absolute Gasteiger partial charge is 0.467 e. The number of ether oxygens (including phenoxy) is 1. The van der Waals surface area contributed by atoms with Crippen molar-refractivity contribution in [3.05, 3.63) is 0 Å². The van der Waals surface area contributed by atoms with Crippen LogP contribution in [0.3, 0.4) is 0 Å². The molecule has 0 fully saturated rings.